The maximum atomic E-state index is 12.7. The number of nitrogens with zero attached hydrogens (tertiary/aromatic N) is 2. The Hall–Kier alpha value is -2.48. The molecule has 1 unspecified atom stereocenters. The maximum Gasteiger partial charge on any atom is 0.269 e. The molecule has 0 aliphatic carbocycles. The zero-order valence-corrected chi connectivity index (χ0v) is 16.3. The largest absolute Gasteiger partial charge is 0.379 e. The number of nitro groups is 1. The van der Waals surface area contributed by atoms with Crippen molar-refractivity contribution in [3.63, 3.8) is 0 Å². The topological polar surface area (TPSA) is 84.7 Å². The molecule has 28 heavy (non-hydrogen) atoms. The summed E-state index contributed by atoms with van der Waals surface area (Å²) in [5, 5.41) is 14.5. The molecule has 0 aromatic heterocycles. The third-order valence-corrected chi connectivity index (χ3v) is 5.11. The highest BCUT2D eigenvalue weighted by Gasteiger charge is 2.24. The number of hydrogen-bond donors (Lipinski definition) is 1. The lowest BCUT2D eigenvalue weighted by molar-refractivity contribution is -0.384. The second kappa shape index (κ2) is 9.14. The van der Waals surface area contributed by atoms with Crippen molar-refractivity contribution in [2.24, 2.45) is 0 Å². The molecule has 2 aromatic rings. The molecule has 1 fully saturated rings. The third-order valence-electron chi connectivity index (χ3n) is 4.86. The Kier molecular flexibility index (Phi) is 6.61. The molecule has 2 aromatic carbocycles. The van der Waals surface area contributed by atoms with Gasteiger partial charge in [0.25, 0.3) is 11.6 Å². The normalized spacial score (nSPS) is 15.8. The highest BCUT2D eigenvalue weighted by molar-refractivity contribution is 6.30. The van der Waals surface area contributed by atoms with Gasteiger partial charge in [-0.25, -0.2) is 0 Å². The van der Waals surface area contributed by atoms with E-state index in [1.54, 1.807) is 6.92 Å². The number of amides is 1. The first-order valence-electron chi connectivity index (χ1n) is 9.06. The van der Waals surface area contributed by atoms with Crippen LogP contribution in [0.2, 0.25) is 5.02 Å². The Morgan fingerprint density at radius 3 is 2.54 bits per heavy atom. The predicted octanol–water partition coefficient (Wildman–Crippen LogP) is 3.36. The molecule has 0 saturated carbocycles. The van der Waals surface area contributed by atoms with Gasteiger partial charge >= 0.3 is 0 Å². The van der Waals surface area contributed by atoms with Crippen molar-refractivity contribution >= 4 is 23.2 Å². The average molecular weight is 404 g/mol. The van der Waals surface area contributed by atoms with Crippen molar-refractivity contribution in [3.8, 4) is 0 Å². The van der Waals surface area contributed by atoms with Crippen molar-refractivity contribution in [2.45, 2.75) is 13.0 Å². The molecule has 7 nitrogen and oxygen atoms in total. The van der Waals surface area contributed by atoms with Gasteiger partial charge in [0, 0.05) is 42.4 Å². The van der Waals surface area contributed by atoms with Crippen LogP contribution in [0.4, 0.5) is 5.69 Å². The third kappa shape index (κ3) is 4.86. The van der Waals surface area contributed by atoms with E-state index in [0.29, 0.717) is 35.9 Å². The molecule has 1 heterocycles. The standard InChI is InChI=1S/C20H22ClN3O4/c1-14-12-17(24(26)27)6-7-18(14)20(25)22-13-19(23-8-10-28-11-9-23)15-2-4-16(21)5-3-15/h2-7,12,19H,8-11,13H2,1H3,(H,22,25). The minimum Gasteiger partial charge on any atom is -0.379 e. The van der Waals surface area contributed by atoms with Crippen LogP contribution < -0.4 is 5.32 Å². The molecule has 3 rings (SSSR count). The summed E-state index contributed by atoms with van der Waals surface area (Å²) in [6, 6.07) is 11.9. The van der Waals surface area contributed by atoms with Gasteiger partial charge in [0.05, 0.1) is 24.2 Å². The Labute approximate surface area is 168 Å². The first-order valence-corrected chi connectivity index (χ1v) is 9.44. The number of nitro benzene ring substituents is 1. The van der Waals surface area contributed by atoms with Crippen molar-refractivity contribution in [2.75, 3.05) is 32.8 Å². The second-order valence-corrected chi connectivity index (χ2v) is 7.12. The van der Waals surface area contributed by atoms with Crippen LogP contribution in [-0.2, 0) is 4.74 Å². The van der Waals surface area contributed by atoms with Gasteiger partial charge in [-0.3, -0.25) is 19.8 Å². The van der Waals surface area contributed by atoms with Crippen LogP contribution in [0.3, 0.4) is 0 Å². The molecule has 1 saturated heterocycles. The Balaban J connectivity index is 1.74. The first-order chi connectivity index (χ1) is 13.5. The Bertz CT molecular complexity index is 851. The quantitative estimate of drug-likeness (QED) is 0.590. The van der Waals surface area contributed by atoms with E-state index >= 15 is 0 Å². The van der Waals surface area contributed by atoms with Gasteiger partial charge < -0.3 is 10.1 Å². The number of carbonyl (C=O) groups excluding carboxylic acids is 1. The SMILES string of the molecule is Cc1cc([N+](=O)[O-])ccc1C(=O)NCC(c1ccc(Cl)cc1)N1CCOCC1. The van der Waals surface area contributed by atoms with Gasteiger partial charge in [-0.2, -0.15) is 0 Å². The maximum absolute atomic E-state index is 12.7. The van der Waals surface area contributed by atoms with Crippen LogP contribution in [-0.4, -0.2) is 48.6 Å². The summed E-state index contributed by atoms with van der Waals surface area (Å²) >= 11 is 6.01. The van der Waals surface area contributed by atoms with Crippen LogP contribution in [0.1, 0.15) is 27.5 Å². The smallest absolute Gasteiger partial charge is 0.269 e. The number of halogens is 1. The fourth-order valence-corrected chi connectivity index (χ4v) is 3.46. The van der Waals surface area contributed by atoms with Gasteiger partial charge in [-0.1, -0.05) is 23.7 Å². The summed E-state index contributed by atoms with van der Waals surface area (Å²) < 4.78 is 5.44. The fraction of sp³-hybridized carbons (Fsp3) is 0.350. The van der Waals surface area contributed by atoms with Crippen LogP contribution in [0, 0.1) is 17.0 Å². The monoisotopic (exact) mass is 403 g/mol. The summed E-state index contributed by atoms with van der Waals surface area (Å²) in [6.45, 7) is 4.97. The van der Waals surface area contributed by atoms with Crippen molar-refractivity contribution in [3.05, 3.63) is 74.3 Å². The van der Waals surface area contributed by atoms with Gasteiger partial charge in [-0.15, -0.1) is 0 Å². The highest BCUT2D eigenvalue weighted by Crippen LogP contribution is 2.23. The first kappa shape index (κ1) is 20.3. The van der Waals surface area contributed by atoms with Gasteiger partial charge in [0.2, 0.25) is 0 Å². The van der Waals surface area contributed by atoms with E-state index in [1.807, 2.05) is 24.3 Å². The van der Waals surface area contributed by atoms with E-state index in [4.69, 9.17) is 16.3 Å². The zero-order valence-electron chi connectivity index (χ0n) is 15.6. The molecule has 0 spiro atoms. The van der Waals surface area contributed by atoms with Gasteiger partial charge in [0.15, 0.2) is 0 Å². The molecule has 0 bridgehead atoms. The lowest BCUT2D eigenvalue weighted by Crippen LogP contribution is -2.43. The molecule has 8 heteroatoms. The van der Waals surface area contributed by atoms with Crippen molar-refractivity contribution in [1.82, 2.24) is 10.2 Å². The number of morpholine rings is 1. The number of nitrogens with one attached hydrogen (secondary N) is 1. The highest BCUT2D eigenvalue weighted by atomic mass is 35.5. The summed E-state index contributed by atoms with van der Waals surface area (Å²) in [7, 11) is 0. The fourth-order valence-electron chi connectivity index (χ4n) is 3.33. The van der Waals surface area contributed by atoms with E-state index in [9.17, 15) is 14.9 Å². The summed E-state index contributed by atoms with van der Waals surface area (Å²) in [5.41, 5.74) is 2.04. The molecular formula is C20H22ClN3O4. The Morgan fingerprint density at radius 1 is 1.25 bits per heavy atom. The molecule has 148 valence electrons. The molecular weight excluding hydrogens is 382 g/mol. The average Bonchev–Trinajstić information content (AvgIpc) is 2.70. The van der Waals surface area contributed by atoms with Gasteiger partial charge in [-0.05, 0) is 36.2 Å². The molecule has 1 aliphatic heterocycles. The lowest BCUT2D eigenvalue weighted by Gasteiger charge is -2.35. The second-order valence-electron chi connectivity index (χ2n) is 6.68. The van der Waals surface area contributed by atoms with E-state index in [0.717, 1.165) is 18.7 Å². The van der Waals surface area contributed by atoms with Crippen LogP contribution >= 0.6 is 11.6 Å². The predicted molar refractivity (Wildman–Crippen MR) is 107 cm³/mol. The van der Waals surface area contributed by atoms with E-state index in [2.05, 4.69) is 10.2 Å². The summed E-state index contributed by atoms with van der Waals surface area (Å²) in [6.07, 6.45) is 0. The van der Waals surface area contributed by atoms with Crippen molar-refractivity contribution in [1.29, 1.82) is 0 Å². The van der Waals surface area contributed by atoms with Crippen molar-refractivity contribution < 1.29 is 14.5 Å². The zero-order chi connectivity index (χ0) is 20.1. The summed E-state index contributed by atoms with van der Waals surface area (Å²) in [5.74, 6) is -0.250. The number of hydrogen-bond acceptors (Lipinski definition) is 5. The molecule has 1 aliphatic rings. The number of aryl methyl sites for hydroxylation is 1. The van der Waals surface area contributed by atoms with Crippen LogP contribution in [0.15, 0.2) is 42.5 Å². The van der Waals surface area contributed by atoms with Crippen LogP contribution in [0.25, 0.3) is 0 Å². The molecule has 1 amide bonds. The molecule has 1 N–H and O–H groups in total. The lowest BCUT2D eigenvalue weighted by atomic mass is 10.0. The number of benzene rings is 2. The number of ether oxygens (including phenoxy) is 1. The van der Waals surface area contributed by atoms with E-state index in [1.165, 1.54) is 18.2 Å². The minimum absolute atomic E-state index is 0.0107. The Morgan fingerprint density at radius 2 is 1.93 bits per heavy atom. The van der Waals surface area contributed by atoms with Gasteiger partial charge in [0.1, 0.15) is 0 Å². The molecule has 0 radical (unpaired) electrons. The van der Waals surface area contributed by atoms with E-state index in [-0.39, 0.29) is 17.6 Å². The number of rotatable bonds is 6. The van der Waals surface area contributed by atoms with Crippen LogP contribution in [0.5, 0.6) is 0 Å². The van der Waals surface area contributed by atoms with E-state index < -0.39 is 4.92 Å². The minimum atomic E-state index is -0.469. The molecule has 1 atom stereocenters. The number of non-ortho nitro benzene ring substituents is 1. The number of carbonyl (C=O) groups is 1. The summed E-state index contributed by atoms with van der Waals surface area (Å²) in [4.78, 5) is 25.4.